The van der Waals surface area contributed by atoms with Crippen LogP contribution in [0.15, 0.2) is 6.07 Å². The summed E-state index contributed by atoms with van der Waals surface area (Å²) in [6.45, 7) is 3.99. The Hall–Kier alpha value is -1.53. The summed E-state index contributed by atoms with van der Waals surface area (Å²) >= 11 is 0. The predicted molar refractivity (Wildman–Crippen MR) is 69.4 cm³/mol. The second kappa shape index (κ2) is 6.08. The summed E-state index contributed by atoms with van der Waals surface area (Å²) < 4.78 is 38.2. The summed E-state index contributed by atoms with van der Waals surface area (Å²) in [4.78, 5) is 8.82. The van der Waals surface area contributed by atoms with Crippen LogP contribution in [0.25, 0.3) is 0 Å². The van der Waals surface area contributed by atoms with Crippen molar-refractivity contribution in [3.63, 3.8) is 0 Å². The number of anilines is 2. The van der Waals surface area contributed by atoms with E-state index in [2.05, 4.69) is 15.3 Å². The van der Waals surface area contributed by atoms with E-state index >= 15 is 0 Å². The molecule has 19 heavy (non-hydrogen) atoms. The van der Waals surface area contributed by atoms with E-state index in [1.165, 1.54) is 13.1 Å². The first kappa shape index (κ1) is 15.5. The van der Waals surface area contributed by atoms with Crippen molar-refractivity contribution in [2.45, 2.75) is 38.9 Å². The van der Waals surface area contributed by atoms with Crippen LogP contribution in [0.2, 0.25) is 0 Å². The summed E-state index contributed by atoms with van der Waals surface area (Å²) in [6.07, 6.45) is -2.86. The number of nitrogens with one attached hydrogen (secondary N) is 1. The van der Waals surface area contributed by atoms with Crippen molar-refractivity contribution in [2.75, 3.05) is 24.3 Å². The zero-order valence-electron chi connectivity index (χ0n) is 11.5. The van der Waals surface area contributed by atoms with Crippen molar-refractivity contribution in [1.82, 2.24) is 9.97 Å². The molecule has 0 radical (unpaired) electrons. The summed E-state index contributed by atoms with van der Waals surface area (Å²) in [7, 11) is 3.28. The molecule has 108 valence electrons. The lowest BCUT2D eigenvalue weighted by Crippen LogP contribution is -2.32. The molecule has 7 heteroatoms. The number of rotatable bonds is 5. The molecule has 0 unspecified atom stereocenters. The van der Waals surface area contributed by atoms with E-state index in [1.807, 2.05) is 13.8 Å². The van der Waals surface area contributed by atoms with Gasteiger partial charge in [-0.25, -0.2) is 9.97 Å². The molecule has 1 N–H and O–H groups in total. The predicted octanol–water partition coefficient (Wildman–Crippen LogP) is 3.16. The minimum atomic E-state index is -4.55. The minimum Gasteiger partial charge on any atom is -0.373 e. The summed E-state index contributed by atoms with van der Waals surface area (Å²) in [5, 5.41) is 2.63. The Morgan fingerprint density at radius 3 is 2.26 bits per heavy atom. The van der Waals surface area contributed by atoms with Crippen LogP contribution < -0.4 is 10.2 Å². The monoisotopic (exact) mass is 276 g/mol. The smallest absolute Gasteiger partial charge is 0.373 e. The lowest BCUT2D eigenvalue weighted by atomic mass is 10.1. The molecule has 0 aromatic carbocycles. The highest BCUT2D eigenvalue weighted by Crippen LogP contribution is 2.29. The number of aromatic nitrogens is 2. The fraction of sp³-hybridized carbons (Fsp3) is 0.667. The molecule has 0 atom stereocenters. The highest BCUT2D eigenvalue weighted by Gasteiger charge is 2.36. The molecular formula is C12H19F3N4. The Morgan fingerprint density at radius 1 is 1.26 bits per heavy atom. The number of nitrogens with zero attached hydrogens (tertiary/aromatic N) is 3. The molecule has 0 bridgehead atoms. The first-order valence-corrected chi connectivity index (χ1v) is 6.20. The minimum absolute atomic E-state index is 0.153. The fourth-order valence-corrected chi connectivity index (χ4v) is 1.89. The number of hydrogen-bond acceptors (Lipinski definition) is 4. The topological polar surface area (TPSA) is 41.0 Å². The molecule has 0 aliphatic rings. The molecule has 1 aromatic heterocycles. The Morgan fingerprint density at radius 2 is 1.84 bits per heavy atom. The molecule has 4 nitrogen and oxygen atoms in total. The van der Waals surface area contributed by atoms with Crippen LogP contribution in [0.5, 0.6) is 0 Å². The van der Waals surface area contributed by atoms with Crippen LogP contribution >= 0.6 is 0 Å². The van der Waals surface area contributed by atoms with Gasteiger partial charge in [0.15, 0.2) is 0 Å². The van der Waals surface area contributed by atoms with Gasteiger partial charge in [0, 0.05) is 26.2 Å². The number of hydrogen-bond donors (Lipinski definition) is 1. The number of halogens is 3. The van der Waals surface area contributed by atoms with Gasteiger partial charge in [0.1, 0.15) is 11.6 Å². The molecule has 0 saturated heterocycles. The van der Waals surface area contributed by atoms with Gasteiger partial charge >= 0.3 is 6.18 Å². The van der Waals surface area contributed by atoms with Crippen molar-refractivity contribution in [2.24, 2.45) is 0 Å². The molecule has 0 aliphatic carbocycles. The summed E-state index contributed by atoms with van der Waals surface area (Å²) in [6, 6.07) is 1.67. The van der Waals surface area contributed by atoms with E-state index in [4.69, 9.17) is 0 Å². The van der Waals surface area contributed by atoms with Gasteiger partial charge in [0.05, 0.1) is 0 Å². The van der Waals surface area contributed by atoms with Gasteiger partial charge in [0.2, 0.25) is 5.82 Å². The van der Waals surface area contributed by atoms with E-state index in [0.717, 1.165) is 12.8 Å². The second-order valence-corrected chi connectivity index (χ2v) is 4.26. The van der Waals surface area contributed by atoms with E-state index in [9.17, 15) is 13.2 Å². The van der Waals surface area contributed by atoms with Crippen molar-refractivity contribution >= 4 is 11.6 Å². The third-order valence-corrected chi connectivity index (χ3v) is 3.07. The van der Waals surface area contributed by atoms with Crippen molar-refractivity contribution in [1.29, 1.82) is 0 Å². The quantitative estimate of drug-likeness (QED) is 0.897. The van der Waals surface area contributed by atoms with Crippen LogP contribution in [0.4, 0.5) is 24.8 Å². The maximum atomic E-state index is 12.7. The van der Waals surface area contributed by atoms with Gasteiger partial charge in [-0.15, -0.1) is 0 Å². The van der Waals surface area contributed by atoms with Gasteiger partial charge < -0.3 is 10.2 Å². The van der Waals surface area contributed by atoms with Crippen LogP contribution in [0.1, 0.15) is 32.5 Å². The third-order valence-electron chi connectivity index (χ3n) is 3.07. The van der Waals surface area contributed by atoms with Crippen molar-refractivity contribution < 1.29 is 13.2 Å². The highest BCUT2D eigenvalue weighted by atomic mass is 19.4. The summed E-state index contributed by atoms with van der Waals surface area (Å²) in [5.41, 5.74) is 0. The fourth-order valence-electron chi connectivity index (χ4n) is 1.89. The van der Waals surface area contributed by atoms with E-state index in [-0.39, 0.29) is 17.7 Å². The van der Waals surface area contributed by atoms with Gasteiger partial charge in [-0.1, -0.05) is 13.8 Å². The van der Waals surface area contributed by atoms with E-state index in [0.29, 0.717) is 0 Å². The van der Waals surface area contributed by atoms with Gasteiger partial charge in [-0.05, 0) is 12.8 Å². The first-order chi connectivity index (χ1) is 8.83. The zero-order chi connectivity index (χ0) is 14.6. The molecule has 0 aliphatic heterocycles. The standard InChI is InChI=1S/C12H19F3N4/c1-5-8(6-2)19(4)10-7-9(16-3)17-11(18-10)12(13,14)15/h7-8H,5-6H2,1-4H3,(H,16,17,18). The molecular weight excluding hydrogens is 257 g/mol. The van der Waals surface area contributed by atoms with Gasteiger partial charge in [0.25, 0.3) is 0 Å². The lowest BCUT2D eigenvalue weighted by Gasteiger charge is -2.28. The van der Waals surface area contributed by atoms with Crippen LogP contribution in [-0.2, 0) is 6.18 Å². The van der Waals surface area contributed by atoms with Crippen molar-refractivity contribution in [3.05, 3.63) is 11.9 Å². The SMILES string of the molecule is CCC(CC)N(C)c1cc(NC)nc(C(F)(F)F)n1. The highest BCUT2D eigenvalue weighted by molar-refractivity contribution is 5.49. The normalized spacial score (nSPS) is 11.8. The summed E-state index contributed by atoms with van der Waals surface area (Å²) in [5.74, 6) is -0.678. The Balaban J connectivity index is 3.20. The molecule has 1 rings (SSSR count). The van der Waals surface area contributed by atoms with Crippen molar-refractivity contribution in [3.8, 4) is 0 Å². The number of alkyl halides is 3. The Kier molecular flexibility index (Phi) is 4.97. The van der Waals surface area contributed by atoms with E-state index in [1.54, 1.807) is 11.9 Å². The van der Waals surface area contributed by atoms with E-state index < -0.39 is 12.0 Å². The average Bonchev–Trinajstić information content (AvgIpc) is 2.38. The molecule has 0 fully saturated rings. The molecule has 0 saturated carbocycles. The van der Waals surface area contributed by atoms with Crippen LogP contribution in [0, 0.1) is 0 Å². The molecule has 0 spiro atoms. The van der Waals surface area contributed by atoms with Crippen LogP contribution in [0.3, 0.4) is 0 Å². The molecule has 1 heterocycles. The first-order valence-electron chi connectivity index (χ1n) is 6.20. The largest absolute Gasteiger partial charge is 0.451 e. The maximum absolute atomic E-state index is 12.7. The lowest BCUT2D eigenvalue weighted by molar-refractivity contribution is -0.144. The average molecular weight is 276 g/mol. The third kappa shape index (κ3) is 3.71. The van der Waals surface area contributed by atoms with Crippen LogP contribution in [-0.4, -0.2) is 30.1 Å². The molecule has 1 aromatic rings. The Labute approximate surface area is 111 Å². The maximum Gasteiger partial charge on any atom is 0.451 e. The van der Waals surface area contributed by atoms with Gasteiger partial charge in [-0.2, -0.15) is 13.2 Å². The zero-order valence-corrected chi connectivity index (χ0v) is 11.5. The molecule has 0 amide bonds. The Bertz CT molecular complexity index is 416. The second-order valence-electron chi connectivity index (χ2n) is 4.26. The van der Waals surface area contributed by atoms with Gasteiger partial charge in [-0.3, -0.25) is 0 Å².